The van der Waals surface area contributed by atoms with Gasteiger partial charge in [-0.15, -0.1) is 0 Å². The van der Waals surface area contributed by atoms with Crippen LogP contribution >= 0.6 is 0 Å². The Hall–Kier alpha value is -1.82. The van der Waals surface area contributed by atoms with E-state index in [0.29, 0.717) is 0 Å². The summed E-state index contributed by atoms with van der Waals surface area (Å²) in [6, 6.07) is -3.13. The maximum atomic E-state index is 12.3. The lowest BCUT2D eigenvalue weighted by Gasteiger charge is -2.50. The number of amides is 2. The summed E-state index contributed by atoms with van der Waals surface area (Å²) in [5.74, 6) is -1.47. The van der Waals surface area contributed by atoms with Crippen molar-refractivity contribution < 1.29 is 104 Å². The zero-order chi connectivity index (χ0) is 37.9. The van der Waals surface area contributed by atoms with E-state index in [-0.39, 0.29) is 0 Å². The Labute approximate surface area is 289 Å². The molecule has 296 valence electrons. The number of carbonyl (C=O) groups is 2. The Bertz CT molecular complexity index is 1140. The summed E-state index contributed by atoms with van der Waals surface area (Å²) < 4.78 is 39.1. The minimum atomic E-state index is -2.07. The van der Waals surface area contributed by atoms with E-state index < -0.39 is 161 Å². The van der Waals surface area contributed by atoms with Gasteiger partial charge in [0.2, 0.25) is 11.8 Å². The largest absolute Gasteiger partial charge is 0.394 e. The lowest BCUT2D eigenvalue weighted by molar-refractivity contribution is -0.375. The Morgan fingerprint density at radius 3 is 1.33 bits per heavy atom. The van der Waals surface area contributed by atoms with Crippen LogP contribution in [-0.4, -0.2) is 222 Å². The minimum Gasteiger partial charge on any atom is -0.394 e. The van der Waals surface area contributed by atoms with Gasteiger partial charge >= 0.3 is 0 Å². The summed E-state index contributed by atoms with van der Waals surface area (Å²) in [6.45, 7) is -1.33. The first kappa shape index (κ1) is 41.9. The predicted octanol–water partition coefficient (Wildman–Crippen LogP) is -9.46. The van der Waals surface area contributed by atoms with Gasteiger partial charge in [0.1, 0.15) is 97.5 Å². The Morgan fingerprint density at radius 1 is 0.471 bits per heavy atom. The summed E-state index contributed by atoms with van der Waals surface area (Å²) in [4.78, 5) is 24.2. The summed E-state index contributed by atoms with van der Waals surface area (Å²) in [6.07, 6.45) is -31.9. The molecule has 0 bridgehead atoms. The molecule has 2 amide bonds. The molecule has 0 radical (unpaired) electrons. The molecule has 4 saturated heterocycles. The second kappa shape index (κ2) is 18.0. The predicted molar refractivity (Wildman–Crippen MR) is 157 cm³/mol. The molecule has 4 aliphatic rings. The highest BCUT2D eigenvalue weighted by Crippen LogP contribution is 2.34. The number of hydrogen-bond donors (Lipinski definition) is 14. The van der Waals surface area contributed by atoms with Gasteiger partial charge in [0.25, 0.3) is 0 Å². The van der Waals surface area contributed by atoms with Gasteiger partial charge in [0.05, 0.1) is 26.4 Å². The molecule has 14 N–H and O–H groups in total. The molecular weight excluding hydrogens is 700 g/mol. The molecular formula is C28H48N2O21. The Kier molecular flexibility index (Phi) is 14.8. The SMILES string of the molecule is CC(=O)N[C@H]1[C@H](O[C@H]2[C@@H](O)[C@@H](CO)O[C@@H](O[C@H]3[C@H](O)[C@@H](CO)O[C@@H](O[C@H]4[C@@H](O)[C@@H](CO)OC(O)[C@@H]4O)[C@@H]3NC(C)=O)[C@@H]2O)O[C@H](CO)[C@H](O)[C@@H]1O. The minimum absolute atomic E-state index is 0.705. The van der Waals surface area contributed by atoms with Gasteiger partial charge in [-0.3, -0.25) is 9.59 Å². The van der Waals surface area contributed by atoms with Crippen molar-refractivity contribution in [2.45, 2.75) is 137 Å². The Balaban J connectivity index is 1.63. The molecule has 0 aromatic rings. The van der Waals surface area contributed by atoms with Crippen molar-refractivity contribution in [2.75, 3.05) is 26.4 Å². The molecule has 0 saturated carbocycles. The third kappa shape index (κ3) is 9.11. The third-order valence-electron chi connectivity index (χ3n) is 9.01. The van der Waals surface area contributed by atoms with Crippen LogP contribution in [0.2, 0.25) is 0 Å². The van der Waals surface area contributed by atoms with Crippen LogP contribution in [0.25, 0.3) is 0 Å². The summed E-state index contributed by atoms with van der Waals surface area (Å²) in [5.41, 5.74) is 0. The van der Waals surface area contributed by atoms with Crippen molar-refractivity contribution in [1.29, 1.82) is 0 Å². The maximum absolute atomic E-state index is 12.3. The molecule has 4 rings (SSSR count). The van der Waals surface area contributed by atoms with E-state index in [2.05, 4.69) is 10.6 Å². The average Bonchev–Trinajstić information content (AvgIpc) is 3.08. The molecule has 0 aromatic carbocycles. The number of rotatable bonds is 12. The van der Waals surface area contributed by atoms with Gasteiger partial charge in [-0.05, 0) is 0 Å². The Morgan fingerprint density at radius 2 is 0.843 bits per heavy atom. The zero-order valence-corrected chi connectivity index (χ0v) is 27.4. The smallest absolute Gasteiger partial charge is 0.217 e. The number of ether oxygens (including phenoxy) is 7. The topological polar surface area (TPSA) is 366 Å². The van der Waals surface area contributed by atoms with E-state index in [9.17, 15) is 70.9 Å². The van der Waals surface area contributed by atoms with Crippen LogP contribution in [0.5, 0.6) is 0 Å². The quantitative estimate of drug-likeness (QED) is 0.0881. The first-order chi connectivity index (χ1) is 24.1. The fourth-order valence-corrected chi connectivity index (χ4v) is 6.34. The molecule has 20 atom stereocenters. The highest BCUT2D eigenvalue weighted by Gasteiger charge is 2.56. The van der Waals surface area contributed by atoms with Crippen molar-refractivity contribution in [3.05, 3.63) is 0 Å². The van der Waals surface area contributed by atoms with E-state index in [1.807, 2.05) is 0 Å². The van der Waals surface area contributed by atoms with E-state index in [4.69, 9.17) is 33.2 Å². The molecule has 23 nitrogen and oxygen atoms in total. The fourth-order valence-electron chi connectivity index (χ4n) is 6.34. The third-order valence-corrected chi connectivity index (χ3v) is 9.01. The molecule has 51 heavy (non-hydrogen) atoms. The van der Waals surface area contributed by atoms with Crippen LogP contribution in [0.4, 0.5) is 0 Å². The number of hydrogen-bond acceptors (Lipinski definition) is 21. The first-order valence-corrected chi connectivity index (χ1v) is 16.1. The molecule has 4 heterocycles. The second-order valence-electron chi connectivity index (χ2n) is 12.6. The number of aliphatic hydroxyl groups excluding tert-OH is 12. The van der Waals surface area contributed by atoms with Crippen molar-refractivity contribution in [2.24, 2.45) is 0 Å². The second-order valence-corrected chi connectivity index (χ2v) is 12.6. The van der Waals surface area contributed by atoms with Crippen molar-refractivity contribution in [1.82, 2.24) is 10.6 Å². The summed E-state index contributed by atoms with van der Waals surface area (Å²) >= 11 is 0. The van der Waals surface area contributed by atoms with Crippen molar-refractivity contribution in [3.8, 4) is 0 Å². The highest BCUT2D eigenvalue weighted by atomic mass is 16.8. The summed E-state index contributed by atoms with van der Waals surface area (Å²) in [7, 11) is 0. The molecule has 23 heteroatoms. The van der Waals surface area contributed by atoms with Gasteiger partial charge in [-0.1, -0.05) is 0 Å². The lowest BCUT2D eigenvalue weighted by Crippen LogP contribution is -2.70. The van der Waals surface area contributed by atoms with E-state index >= 15 is 0 Å². The van der Waals surface area contributed by atoms with Gasteiger partial charge in [0, 0.05) is 13.8 Å². The molecule has 0 spiro atoms. The van der Waals surface area contributed by atoms with E-state index in [1.54, 1.807) is 0 Å². The zero-order valence-electron chi connectivity index (χ0n) is 27.4. The number of carbonyl (C=O) groups excluding carboxylic acids is 2. The van der Waals surface area contributed by atoms with Gasteiger partial charge in [-0.2, -0.15) is 0 Å². The average molecular weight is 749 g/mol. The van der Waals surface area contributed by atoms with Crippen LogP contribution in [0.1, 0.15) is 13.8 Å². The molecule has 1 unspecified atom stereocenters. The van der Waals surface area contributed by atoms with E-state index in [0.717, 1.165) is 13.8 Å². The molecule has 4 fully saturated rings. The van der Waals surface area contributed by atoms with E-state index in [1.165, 1.54) is 0 Å². The normalized spacial score (nSPS) is 47.8. The molecule has 0 aromatic heterocycles. The maximum Gasteiger partial charge on any atom is 0.217 e. The highest BCUT2D eigenvalue weighted by molar-refractivity contribution is 5.73. The van der Waals surface area contributed by atoms with Crippen LogP contribution in [0.3, 0.4) is 0 Å². The first-order valence-electron chi connectivity index (χ1n) is 16.1. The molecule has 4 aliphatic heterocycles. The van der Waals surface area contributed by atoms with Crippen molar-refractivity contribution >= 4 is 11.8 Å². The van der Waals surface area contributed by atoms with Crippen LogP contribution in [-0.2, 0) is 42.7 Å². The van der Waals surface area contributed by atoms with Crippen molar-refractivity contribution in [3.63, 3.8) is 0 Å². The van der Waals surface area contributed by atoms with Crippen LogP contribution < -0.4 is 10.6 Å². The number of nitrogens with one attached hydrogen (secondary N) is 2. The lowest BCUT2D eigenvalue weighted by atomic mass is 9.94. The fraction of sp³-hybridized carbons (Fsp3) is 0.929. The van der Waals surface area contributed by atoms with Crippen LogP contribution in [0.15, 0.2) is 0 Å². The van der Waals surface area contributed by atoms with Gasteiger partial charge in [0.15, 0.2) is 25.2 Å². The number of aliphatic hydroxyl groups is 12. The monoisotopic (exact) mass is 748 g/mol. The van der Waals surface area contributed by atoms with Gasteiger partial charge in [-0.25, -0.2) is 0 Å². The van der Waals surface area contributed by atoms with Crippen LogP contribution in [0, 0.1) is 0 Å². The standard InChI is InChI=1S/C28H48N2O21/c1-7(35)29-13-19(41)15(37)9(3-31)46-26(13)51-24-18(40)12(6-34)48-28(21(24)43)49-22-14(30-8(2)36)27(47-11(5-33)16(22)38)50-23-17(39)10(4-32)45-25(44)20(23)42/h9-28,31-34,37-44H,3-6H2,1-2H3,(H,29,35)(H,30,36)/t9-,10-,11-,12-,13-,14-,15+,16-,17+,18+,19-,20-,21-,22-,23+,24+,25?,26+,27+,28+/m1/s1. The van der Waals surface area contributed by atoms with Gasteiger partial charge < -0.3 is 105 Å². The summed E-state index contributed by atoms with van der Waals surface area (Å²) in [5, 5.41) is 130. The molecule has 0 aliphatic carbocycles.